The molecule has 1 rings (SSSR count). The molecule has 0 aromatic carbocycles. The third-order valence-electron chi connectivity index (χ3n) is 2.83. The highest BCUT2D eigenvalue weighted by Crippen LogP contribution is 2.23. The van der Waals surface area contributed by atoms with Gasteiger partial charge < -0.3 is 5.11 Å². The average molecular weight is 335 g/mol. The van der Waals surface area contributed by atoms with Crippen LogP contribution in [0.5, 0.6) is 0 Å². The first-order valence-corrected chi connectivity index (χ1v) is 7.65. The molecule has 0 aliphatic rings. The average Bonchev–Trinajstić information content (AvgIpc) is 2.31. The summed E-state index contributed by atoms with van der Waals surface area (Å²) in [6.45, 7) is 13.5. The monoisotopic (exact) mass is 334 g/mol. The number of pyridine rings is 1. The van der Waals surface area contributed by atoms with Crippen molar-refractivity contribution in [3.63, 3.8) is 0 Å². The first-order valence-electron chi connectivity index (χ1n) is 6.90. The van der Waals surface area contributed by atoms with Gasteiger partial charge in [0.2, 0.25) is 0 Å². The predicted molar refractivity (Wildman–Crippen MR) is 88.5 cm³/mol. The van der Waals surface area contributed by atoms with Gasteiger partial charge >= 0.3 is 5.97 Å². The van der Waals surface area contributed by atoms with Crippen LogP contribution in [0, 0.1) is 0 Å². The number of carboxylic acid groups (broad SMARTS) is 1. The second kappa shape index (κ2) is 9.23. The maximum Gasteiger partial charge on any atom is 0.356 e. The Kier molecular flexibility index (Phi) is 8.86. The van der Waals surface area contributed by atoms with Crippen LogP contribution in [0.2, 0.25) is 10.0 Å². The minimum atomic E-state index is -1.18. The maximum absolute atomic E-state index is 10.4. The smallest absolute Gasteiger partial charge is 0.356 e. The van der Waals surface area contributed by atoms with E-state index in [-0.39, 0.29) is 15.7 Å². The molecule has 0 amide bonds. The van der Waals surface area contributed by atoms with Gasteiger partial charge in [-0.3, -0.25) is 4.90 Å². The summed E-state index contributed by atoms with van der Waals surface area (Å²) >= 11 is 11.0. The molecule has 1 heterocycles. The van der Waals surface area contributed by atoms with Crippen molar-refractivity contribution >= 4 is 29.2 Å². The van der Waals surface area contributed by atoms with E-state index in [0.717, 1.165) is 0 Å². The third kappa shape index (κ3) is 6.64. The van der Waals surface area contributed by atoms with Gasteiger partial charge in [0.1, 0.15) is 0 Å². The number of aromatic carboxylic acids is 1. The van der Waals surface area contributed by atoms with Crippen LogP contribution in [0.3, 0.4) is 0 Å². The lowest BCUT2D eigenvalue weighted by Gasteiger charge is -2.34. The van der Waals surface area contributed by atoms with E-state index in [2.05, 4.69) is 51.4 Å². The van der Waals surface area contributed by atoms with Gasteiger partial charge in [-0.25, -0.2) is 9.78 Å². The Bertz CT molecular complexity index is 444. The van der Waals surface area contributed by atoms with E-state index in [1.54, 1.807) is 0 Å². The van der Waals surface area contributed by atoms with E-state index in [1.165, 1.54) is 12.3 Å². The Labute approximate surface area is 137 Å². The highest BCUT2D eigenvalue weighted by Gasteiger charge is 2.15. The number of hydrogen-bond donors (Lipinski definition) is 1. The molecule has 0 spiro atoms. The molecule has 0 saturated carbocycles. The van der Waals surface area contributed by atoms with Gasteiger partial charge in [0.15, 0.2) is 5.69 Å². The number of carbonyl (C=O) groups is 1. The van der Waals surface area contributed by atoms with Crippen LogP contribution in [-0.4, -0.2) is 39.1 Å². The topological polar surface area (TPSA) is 53.4 Å². The summed E-state index contributed by atoms with van der Waals surface area (Å²) in [6.07, 6.45) is 1.29. The summed E-state index contributed by atoms with van der Waals surface area (Å²) in [5, 5.41) is 8.65. The summed E-state index contributed by atoms with van der Waals surface area (Å²) in [5.41, 5.74) is -0.223. The molecular weight excluding hydrogens is 311 g/mol. The van der Waals surface area contributed by atoms with Crippen LogP contribution in [0.15, 0.2) is 12.3 Å². The molecule has 0 aliphatic carbocycles. The molecule has 21 heavy (non-hydrogen) atoms. The molecular formula is C15H24Cl2N2O2. The molecule has 0 atom stereocenters. The Morgan fingerprint density at radius 3 is 1.76 bits per heavy atom. The van der Waals surface area contributed by atoms with Crippen molar-refractivity contribution < 1.29 is 9.90 Å². The van der Waals surface area contributed by atoms with Crippen LogP contribution in [-0.2, 0) is 0 Å². The van der Waals surface area contributed by atoms with E-state index >= 15 is 0 Å². The van der Waals surface area contributed by atoms with Crippen molar-refractivity contribution in [1.29, 1.82) is 0 Å². The van der Waals surface area contributed by atoms with Gasteiger partial charge in [0.05, 0.1) is 10.0 Å². The van der Waals surface area contributed by atoms with E-state index in [1.807, 2.05) is 0 Å². The van der Waals surface area contributed by atoms with Crippen LogP contribution in [0.25, 0.3) is 0 Å². The van der Waals surface area contributed by atoms with Crippen LogP contribution in [0.4, 0.5) is 0 Å². The van der Waals surface area contributed by atoms with Crippen molar-refractivity contribution in [2.45, 2.75) is 59.7 Å². The minimum Gasteiger partial charge on any atom is -0.476 e. The number of hydrogen-bond acceptors (Lipinski definition) is 3. The quantitative estimate of drug-likeness (QED) is 0.874. The summed E-state index contributed by atoms with van der Waals surface area (Å²) < 4.78 is 0. The second-order valence-corrected chi connectivity index (χ2v) is 6.27. The molecule has 1 N–H and O–H groups in total. The zero-order valence-corrected chi connectivity index (χ0v) is 14.9. The molecule has 0 unspecified atom stereocenters. The number of rotatable bonds is 4. The van der Waals surface area contributed by atoms with E-state index < -0.39 is 5.97 Å². The van der Waals surface area contributed by atoms with Gasteiger partial charge in [-0.1, -0.05) is 23.2 Å². The van der Waals surface area contributed by atoms with Crippen LogP contribution >= 0.6 is 23.2 Å². The number of carboxylic acids is 1. The highest BCUT2D eigenvalue weighted by atomic mass is 35.5. The Hall–Kier alpha value is -0.840. The molecule has 0 bridgehead atoms. The van der Waals surface area contributed by atoms with Gasteiger partial charge in [-0.15, -0.1) is 0 Å². The van der Waals surface area contributed by atoms with Gasteiger partial charge in [0, 0.05) is 24.3 Å². The molecule has 0 fully saturated rings. The highest BCUT2D eigenvalue weighted by molar-refractivity contribution is 6.43. The fourth-order valence-electron chi connectivity index (χ4n) is 2.36. The van der Waals surface area contributed by atoms with Crippen molar-refractivity contribution in [1.82, 2.24) is 9.88 Å². The molecule has 0 aliphatic heterocycles. The third-order valence-corrected chi connectivity index (χ3v) is 3.63. The van der Waals surface area contributed by atoms with Crippen molar-refractivity contribution in [2.75, 3.05) is 0 Å². The van der Waals surface area contributed by atoms with E-state index in [4.69, 9.17) is 28.3 Å². The Balaban J connectivity index is 0.000000384. The van der Waals surface area contributed by atoms with Gasteiger partial charge in [-0.05, 0) is 47.6 Å². The lowest BCUT2D eigenvalue weighted by Crippen LogP contribution is -2.42. The number of halogens is 2. The fraction of sp³-hybridized carbons (Fsp3) is 0.600. The van der Waals surface area contributed by atoms with Crippen LogP contribution < -0.4 is 0 Å². The SMILES string of the molecule is CC(C)N(C(C)C)C(C)C.O=C(O)c1nccc(Cl)c1Cl. The molecule has 1 aromatic heterocycles. The lowest BCUT2D eigenvalue weighted by molar-refractivity contribution is 0.0690. The van der Waals surface area contributed by atoms with Crippen LogP contribution in [0.1, 0.15) is 52.0 Å². The predicted octanol–water partition coefficient (Wildman–Crippen LogP) is 4.60. The van der Waals surface area contributed by atoms with Gasteiger partial charge in [0.25, 0.3) is 0 Å². The second-order valence-electron chi connectivity index (χ2n) is 5.49. The summed E-state index contributed by atoms with van der Waals surface area (Å²) in [5.74, 6) is -1.18. The van der Waals surface area contributed by atoms with E-state index in [0.29, 0.717) is 18.1 Å². The Morgan fingerprint density at radius 1 is 1.10 bits per heavy atom. The molecule has 0 saturated heterocycles. The number of nitrogens with zero attached hydrogens (tertiary/aromatic N) is 2. The normalized spacial score (nSPS) is 11.0. The lowest BCUT2D eigenvalue weighted by atomic mass is 10.2. The summed E-state index contributed by atoms with van der Waals surface area (Å²) in [4.78, 5) is 16.4. The zero-order chi connectivity index (χ0) is 16.7. The number of aromatic nitrogens is 1. The maximum atomic E-state index is 10.4. The molecule has 6 heteroatoms. The van der Waals surface area contributed by atoms with Crippen molar-refractivity contribution in [2.24, 2.45) is 0 Å². The summed E-state index contributed by atoms with van der Waals surface area (Å²) in [6, 6.07) is 3.43. The van der Waals surface area contributed by atoms with Gasteiger partial charge in [-0.2, -0.15) is 0 Å². The standard InChI is InChI=1S/C9H21N.C6H3Cl2NO2/c1-7(2)10(8(3)4)9(5)6;7-3-1-2-9-5(4(3)8)6(10)11/h7-9H,1-6H3;1-2H,(H,10,11). The zero-order valence-electron chi connectivity index (χ0n) is 13.4. The molecule has 0 radical (unpaired) electrons. The first-order chi connectivity index (χ1) is 9.59. The molecule has 120 valence electrons. The Morgan fingerprint density at radius 2 is 1.52 bits per heavy atom. The fourth-order valence-corrected chi connectivity index (χ4v) is 2.70. The summed E-state index contributed by atoms with van der Waals surface area (Å²) in [7, 11) is 0. The largest absolute Gasteiger partial charge is 0.476 e. The molecule has 1 aromatic rings. The van der Waals surface area contributed by atoms with Crippen molar-refractivity contribution in [3.05, 3.63) is 28.0 Å². The minimum absolute atomic E-state index is 0.0262. The first kappa shape index (κ1) is 20.2. The molecule has 4 nitrogen and oxygen atoms in total. The van der Waals surface area contributed by atoms with E-state index in [9.17, 15) is 4.79 Å². The van der Waals surface area contributed by atoms with Crippen molar-refractivity contribution in [3.8, 4) is 0 Å².